The molecule has 0 aliphatic carbocycles. The standard InChI is InChI=1S/C17H20N2O4S2/c1-12-8-9-16(24-12)25(21,22)19-10-4-7-15(19)17(20)18-13-5-3-6-14(11-13)23-2/h3,5-6,8-9,11,15H,4,7,10H2,1-2H3,(H,18,20). The molecule has 1 aliphatic rings. The van der Waals surface area contributed by atoms with Gasteiger partial charge in [0.15, 0.2) is 0 Å². The molecule has 1 fully saturated rings. The summed E-state index contributed by atoms with van der Waals surface area (Å²) in [6.45, 7) is 2.22. The molecule has 0 spiro atoms. The number of methoxy groups -OCH3 is 1. The van der Waals surface area contributed by atoms with Crippen LogP contribution in [-0.4, -0.2) is 38.3 Å². The van der Waals surface area contributed by atoms with E-state index < -0.39 is 16.1 Å². The first-order valence-corrected chi connectivity index (χ1v) is 10.2. The first-order chi connectivity index (χ1) is 11.9. The number of nitrogens with one attached hydrogen (secondary N) is 1. The summed E-state index contributed by atoms with van der Waals surface area (Å²) in [7, 11) is -2.10. The van der Waals surface area contributed by atoms with E-state index in [0.29, 0.717) is 30.8 Å². The third-order valence-corrected chi connectivity index (χ3v) is 7.50. The van der Waals surface area contributed by atoms with Gasteiger partial charge in [-0.1, -0.05) is 6.07 Å². The summed E-state index contributed by atoms with van der Waals surface area (Å²) >= 11 is 1.23. The van der Waals surface area contributed by atoms with Crippen LogP contribution in [0.4, 0.5) is 5.69 Å². The molecule has 1 aromatic heterocycles. The van der Waals surface area contributed by atoms with Gasteiger partial charge in [-0.25, -0.2) is 8.42 Å². The van der Waals surface area contributed by atoms with Crippen molar-refractivity contribution in [1.82, 2.24) is 4.31 Å². The predicted molar refractivity (Wildman–Crippen MR) is 97.6 cm³/mol. The molecule has 0 bridgehead atoms. The van der Waals surface area contributed by atoms with Gasteiger partial charge in [0.25, 0.3) is 10.0 Å². The normalized spacial score (nSPS) is 18.2. The van der Waals surface area contributed by atoms with E-state index in [1.807, 2.05) is 6.92 Å². The topological polar surface area (TPSA) is 75.7 Å². The Balaban J connectivity index is 1.80. The van der Waals surface area contributed by atoms with Gasteiger partial charge in [0.2, 0.25) is 5.91 Å². The zero-order valence-corrected chi connectivity index (χ0v) is 15.7. The molecule has 1 atom stereocenters. The molecule has 0 radical (unpaired) electrons. The van der Waals surface area contributed by atoms with Gasteiger partial charge in [0.05, 0.1) is 7.11 Å². The van der Waals surface area contributed by atoms with Crippen molar-refractivity contribution < 1.29 is 17.9 Å². The second-order valence-electron chi connectivity index (χ2n) is 5.86. The molecule has 8 heteroatoms. The molecule has 1 N–H and O–H groups in total. The summed E-state index contributed by atoms with van der Waals surface area (Å²) < 4.78 is 32.4. The Morgan fingerprint density at radius 1 is 1.32 bits per heavy atom. The molecule has 1 unspecified atom stereocenters. The van der Waals surface area contributed by atoms with Crippen molar-refractivity contribution in [2.24, 2.45) is 0 Å². The van der Waals surface area contributed by atoms with Crippen molar-refractivity contribution in [3.05, 3.63) is 41.3 Å². The second-order valence-corrected chi connectivity index (χ2v) is 9.27. The van der Waals surface area contributed by atoms with E-state index in [1.54, 1.807) is 43.5 Å². The Labute approximate surface area is 151 Å². The van der Waals surface area contributed by atoms with Crippen LogP contribution in [-0.2, 0) is 14.8 Å². The minimum atomic E-state index is -3.65. The number of aryl methyl sites for hydroxylation is 1. The molecule has 6 nitrogen and oxygen atoms in total. The first-order valence-electron chi connectivity index (χ1n) is 7.95. The second kappa shape index (κ2) is 7.15. The minimum absolute atomic E-state index is 0.283. The average Bonchev–Trinajstić information content (AvgIpc) is 3.24. The van der Waals surface area contributed by atoms with Crippen molar-refractivity contribution >= 4 is 33.0 Å². The molecule has 1 saturated heterocycles. The lowest BCUT2D eigenvalue weighted by Crippen LogP contribution is -2.42. The summed E-state index contributed by atoms with van der Waals surface area (Å²) in [4.78, 5) is 13.6. The Bertz CT molecular complexity index is 876. The fourth-order valence-electron chi connectivity index (χ4n) is 2.88. The number of hydrogen-bond donors (Lipinski definition) is 1. The van der Waals surface area contributed by atoms with Gasteiger partial charge < -0.3 is 10.1 Å². The fourth-order valence-corrected chi connectivity index (χ4v) is 5.95. The quantitative estimate of drug-likeness (QED) is 0.865. The monoisotopic (exact) mass is 380 g/mol. The van der Waals surface area contributed by atoms with Crippen LogP contribution in [0.15, 0.2) is 40.6 Å². The summed E-state index contributed by atoms with van der Waals surface area (Å²) in [5, 5.41) is 2.80. The van der Waals surface area contributed by atoms with Crippen LogP contribution in [0.2, 0.25) is 0 Å². The average molecular weight is 380 g/mol. The largest absolute Gasteiger partial charge is 0.497 e. The van der Waals surface area contributed by atoms with Gasteiger partial charge in [0, 0.05) is 23.2 Å². The summed E-state index contributed by atoms with van der Waals surface area (Å²) in [5.41, 5.74) is 0.584. The van der Waals surface area contributed by atoms with E-state index in [-0.39, 0.29) is 10.1 Å². The number of benzene rings is 1. The lowest BCUT2D eigenvalue weighted by atomic mass is 10.2. The third kappa shape index (κ3) is 3.70. The van der Waals surface area contributed by atoms with E-state index in [2.05, 4.69) is 5.32 Å². The van der Waals surface area contributed by atoms with Gasteiger partial charge >= 0.3 is 0 Å². The van der Waals surface area contributed by atoms with Crippen molar-refractivity contribution in [2.45, 2.75) is 30.0 Å². The van der Waals surface area contributed by atoms with Crippen LogP contribution in [0.3, 0.4) is 0 Å². The molecule has 25 heavy (non-hydrogen) atoms. The molecule has 134 valence electrons. The maximum absolute atomic E-state index is 12.9. The van der Waals surface area contributed by atoms with E-state index in [4.69, 9.17) is 4.74 Å². The number of carbonyl (C=O) groups is 1. The molecule has 3 rings (SSSR count). The van der Waals surface area contributed by atoms with Crippen LogP contribution >= 0.6 is 11.3 Å². The van der Waals surface area contributed by atoms with Crippen LogP contribution in [0.25, 0.3) is 0 Å². The smallest absolute Gasteiger partial charge is 0.253 e. The highest BCUT2D eigenvalue weighted by molar-refractivity contribution is 7.91. The minimum Gasteiger partial charge on any atom is -0.497 e. The molecule has 2 heterocycles. The highest BCUT2D eigenvalue weighted by atomic mass is 32.2. The highest BCUT2D eigenvalue weighted by Gasteiger charge is 2.40. The summed E-state index contributed by atoms with van der Waals surface area (Å²) in [6.07, 6.45) is 1.18. The van der Waals surface area contributed by atoms with Crippen LogP contribution in [0.5, 0.6) is 5.75 Å². The maximum Gasteiger partial charge on any atom is 0.253 e. The zero-order chi connectivity index (χ0) is 18.0. The van der Waals surface area contributed by atoms with Crippen LogP contribution in [0.1, 0.15) is 17.7 Å². The fraction of sp³-hybridized carbons (Fsp3) is 0.353. The number of amides is 1. The molecular formula is C17H20N2O4S2. The first kappa shape index (κ1) is 17.9. The number of rotatable bonds is 5. The molecule has 0 saturated carbocycles. The van der Waals surface area contributed by atoms with E-state index in [1.165, 1.54) is 15.6 Å². The Morgan fingerprint density at radius 2 is 2.12 bits per heavy atom. The number of anilines is 1. The lowest BCUT2D eigenvalue weighted by Gasteiger charge is -2.22. The van der Waals surface area contributed by atoms with Crippen molar-refractivity contribution in [1.29, 1.82) is 0 Å². The van der Waals surface area contributed by atoms with Crippen molar-refractivity contribution in [3.8, 4) is 5.75 Å². The Morgan fingerprint density at radius 3 is 2.80 bits per heavy atom. The number of hydrogen-bond acceptors (Lipinski definition) is 5. The zero-order valence-electron chi connectivity index (χ0n) is 14.1. The number of ether oxygens (including phenoxy) is 1. The van der Waals surface area contributed by atoms with E-state index in [0.717, 1.165) is 4.88 Å². The number of nitrogens with zero attached hydrogens (tertiary/aromatic N) is 1. The van der Waals surface area contributed by atoms with Gasteiger partial charge in [-0.3, -0.25) is 4.79 Å². The van der Waals surface area contributed by atoms with Crippen LogP contribution in [0, 0.1) is 6.92 Å². The van der Waals surface area contributed by atoms with Crippen LogP contribution < -0.4 is 10.1 Å². The molecule has 1 aromatic carbocycles. The summed E-state index contributed by atoms with van der Waals surface area (Å²) in [5.74, 6) is 0.311. The predicted octanol–water partition coefficient (Wildman–Crippen LogP) is 2.86. The maximum atomic E-state index is 12.9. The van der Waals surface area contributed by atoms with Gasteiger partial charge in [-0.05, 0) is 44.0 Å². The van der Waals surface area contributed by atoms with Crippen molar-refractivity contribution in [3.63, 3.8) is 0 Å². The molecular weight excluding hydrogens is 360 g/mol. The SMILES string of the molecule is COc1cccc(NC(=O)C2CCCN2S(=O)(=O)c2ccc(C)s2)c1. The van der Waals surface area contributed by atoms with Crippen molar-refractivity contribution in [2.75, 3.05) is 19.0 Å². The third-order valence-electron chi connectivity index (χ3n) is 4.12. The lowest BCUT2D eigenvalue weighted by molar-refractivity contribution is -0.119. The highest BCUT2D eigenvalue weighted by Crippen LogP contribution is 2.30. The summed E-state index contributed by atoms with van der Waals surface area (Å²) in [6, 6.07) is 9.68. The van der Waals surface area contributed by atoms with Gasteiger partial charge in [-0.2, -0.15) is 4.31 Å². The number of thiophene rings is 1. The number of sulfonamides is 1. The Hall–Kier alpha value is -1.90. The van der Waals surface area contributed by atoms with Gasteiger partial charge in [0.1, 0.15) is 16.0 Å². The molecule has 1 aliphatic heterocycles. The van der Waals surface area contributed by atoms with E-state index >= 15 is 0 Å². The Kier molecular flexibility index (Phi) is 5.12. The molecule has 2 aromatic rings. The van der Waals surface area contributed by atoms with Gasteiger partial charge in [-0.15, -0.1) is 11.3 Å². The number of carbonyl (C=O) groups excluding carboxylic acids is 1. The molecule has 1 amide bonds. The van der Waals surface area contributed by atoms with E-state index in [9.17, 15) is 13.2 Å².